The van der Waals surface area contributed by atoms with E-state index in [1.54, 1.807) is 0 Å². The number of nitrogens with zero attached hydrogens (tertiary/aromatic N) is 2. The van der Waals surface area contributed by atoms with Crippen LogP contribution in [0.15, 0.2) is 12.4 Å². The number of nitrogens with one attached hydrogen (secondary N) is 1. The fourth-order valence-electron chi connectivity index (χ4n) is 3.14. The molecule has 1 aliphatic carbocycles. The third-order valence-corrected chi connectivity index (χ3v) is 4.32. The molecule has 4 heteroatoms. The van der Waals surface area contributed by atoms with E-state index in [0.29, 0.717) is 12.1 Å². The monoisotopic (exact) mass is 279 g/mol. The summed E-state index contributed by atoms with van der Waals surface area (Å²) in [5.74, 6) is 2.03. The summed E-state index contributed by atoms with van der Waals surface area (Å²) in [6.45, 7) is 6.21. The maximum Gasteiger partial charge on any atom is 0.110 e. The summed E-state index contributed by atoms with van der Waals surface area (Å²) >= 11 is 0. The van der Waals surface area contributed by atoms with Crippen LogP contribution in [0.1, 0.15) is 45.4 Å². The molecule has 1 N–H and O–H groups in total. The molecule has 20 heavy (non-hydrogen) atoms. The van der Waals surface area contributed by atoms with Crippen molar-refractivity contribution < 1.29 is 4.74 Å². The smallest absolute Gasteiger partial charge is 0.110 e. The lowest BCUT2D eigenvalue weighted by Crippen LogP contribution is -2.38. The number of imidazole rings is 1. The van der Waals surface area contributed by atoms with Crippen LogP contribution in [0, 0.1) is 5.92 Å². The Morgan fingerprint density at radius 2 is 2.25 bits per heavy atom. The Bertz CT molecular complexity index is 385. The van der Waals surface area contributed by atoms with Crippen molar-refractivity contribution in [3.8, 4) is 0 Å². The molecule has 114 valence electrons. The van der Waals surface area contributed by atoms with Gasteiger partial charge in [0.1, 0.15) is 5.82 Å². The molecule has 1 aromatic rings. The second-order valence-electron chi connectivity index (χ2n) is 5.88. The Morgan fingerprint density at radius 3 is 2.90 bits per heavy atom. The van der Waals surface area contributed by atoms with Crippen LogP contribution in [-0.4, -0.2) is 35.4 Å². The second kappa shape index (κ2) is 7.79. The third-order valence-electron chi connectivity index (χ3n) is 4.32. The Hall–Kier alpha value is -0.870. The summed E-state index contributed by atoms with van der Waals surface area (Å²) in [5.41, 5.74) is 0. The largest absolute Gasteiger partial charge is 0.378 e. The van der Waals surface area contributed by atoms with Crippen molar-refractivity contribution in [3.63, 3.8) is 0 Å². The third kappa shape index (κ3) is 4.06. The van der Waals surface area contributed by atoms with Gasteiger partial charge in [-0.05, 0) is 45.6 Å². The van der Waals surface area contributed by atoms with Gasteiger partial charge in [-0.1, -0.05) is 6.92 Å². The van der Waals surface area contributed by atoms with Crippen LogP contribution < -0.4 is 5.32 Å². The number of ether oxygens (including phenoxy) is 1. The first-order valence-corrected chi connectivity index (χ1v) is 8.05. The van der Waals surface area contributed by atoms with Gasteiger partial charge < -0.3 is 14.6 Å². The van der Waals surface area contributed by atoms with E-state index in [9.17, 15) is 0 Å². The van der Waals surface area contributed by atoms with Crippen LogP contribution in [0.4, 0.5) is 0 Å². The van der Waals surface area contributed by atoms with E-state index in [2.05, 4.69) is 42.0 Å². The van der Waals surface area contributed by atoms with Crippen LogP contribution in [0.3, 0.4) is 0 Å². The van der Waals surface area contributed by atoms with Crippen molar-refractivity contribution in [2.75, 3.05) is 13.7 Å². The first-order chi connectivity index (χ1) is 9.76. The topological polar surface area (TPSA) is 39.1 Å². The molecule has 2 rings (SSSR count). The summed E-state index contributed by atoms with van der Waals surface area (Å²) in [7, 11) is 2.07. The van der Waals surface area contributed by atoms with Gasteiger partial charge in [0, 0.05) is 38.0 Å². The van der Waals surface area contributed by atoms with Crippen molar-refractivity contribution >= 4 is 0 Å². The van der Waals surface area contributed by atoms with Crippen LogP contribution >= 0.6 is 0 Å². The van der Waals surface area contributed by atoms with Crippen LogP contribution in [0.5, 0.6) is 0 Å². The lowest BCUT2D eigenvalue weighted by molar-refractivity contribution is -0.0289. The molecule has 0 saturated heterocycles. The summed E-state index contributed by atoms with van der Waals surface area (Å²) in [6.07, 6.45) is 10.4. The Balaban J connectivity index is 1.79. The van der Waals surface area contributed by atoms with E-state index in [1.165, 1.54) is 25.1 Å². The van der Waals surface area contributed by atoms with Crippen LogP contribution in [0.25, 0.3) is 0 Å². The Morgan fingerprint density at radius 1 is 1.45 bits per heavy atom. The molecule has 0 spiro atoms. The molecule has 1 atom stereocenters. The van der Waals surface area contributed by atoms with Gasteiger partial charge in [-0.15, -0.1) is 0 Å². The van der Waals surface area contributed by atoms with Gasteiger partial charge in [0.15, 0.2) is 0 Å². The van der Waals surface area contributed by atoms with E-state index in [1.807, 2.05) is 6.20 Å². The van der Waals surface area contributed by atoms with Crippen molar-refractivity contribution in [3.05, 3.63) is 18.2 Å². The standard InChI is InChI=1S/C16H29N3O/c1-4-7-19-8-6-18-16(19)12-14(17-3)9-13-10-15(11-13)20-5-2/h6,8,13-15,17H,4-5,7,9-12H2,1-3H3. The fraction of sp³-hybridized carbons (Fsp3) is 0.812. The molecule has 0 amide bonds. The van der Waals surface area contributed by atoms with Gasteiger partial charge in [0.2, 0.25) is 0 Å². The van der Waals surface area contributed by atoms with Crippen LogP contribution in [0.2, 0.25) is 0 Å². The average molecular weight is 279 g/mol. The fourth-order valence-corrected chi connectivity index (χ4v) is 3.14. The maximum atomic E-state index is 5.64. The SMILES string of the molecule is CCCn1ccnc1CC(CC1CC(OCC)C1)NC. The highest BCUT2D eigenvalue weighted by atomic mass is 16.5. The zero-order chi connectivity index (χ0) is 14.4. The molecule has 0 aliphatic heterocycles. The summed E-state index contributed by atoms with van der Waals surface area (Å²) < 4.78 is 7.93. The van der Waals surface area contributed by atoms with E-state index >= 15 is 0 Å². The lowest BCUT2D eigenvalue weighted by atomic mass is 9.77. The number of hydrogen-bond donors (Lipinski definition) is 1. The minimum atomic E-state index is 0.518. The molecule has 0 radical (unpaired) electrons. The van der Waals surface area contributed by atoms with Crippen molar-refractivity contribution in [2.45, 2.75) is 64.6 Å². The van der Waals surface area contributed by atoms with Crippen molar-refractivity contribution in [2.24, 2.45) is 5.92 Å². The highest BCUT2D eigenvalue weighted by Crippen LogP contribution is 2.33. The normalized spacial score (nSPS) is 23.6. The number of aryl methyl sites for hydroxylation is 1. The Labute approximate surface area is 122 Å². The second-order valence-corrected chi connectivity index (χ2v) is 5.88. The molecule has 1 saturated carbocycles. The van der Waals surface area contributed by atoms with Crippen molar-refractivity contribution in [1.82, 2.24) is 14.9 Å². The quantitative estimate of drug-likeness (QED) is 0.755. The van der Waals surface area contributed by atoms with Gasteiger partial charge in [-0.25, -0.2) is 4.98 Å². The predicted octanol–water partition coefficient (Wildman–Crippen LogP) is 2.63. The van der Waals surface area contributed by atoms with E-state index in [4.69, 9.17) is 4.74 Å². The highest BCUT2D eigenvalue weighted by molar-refractivity contribution is 4.97. The molecule has 1 heterocycles. The first-order valence-electron chi connectivity index (χ1n) is 8.05. The minimum Gasteiger partial charge on any atom is -0.378 e. The van der Waals surface area contributed by atoms with Gasteiger partial charge in [0.25, 0.3) is 0 Å². The zero-order valence-electron chi connectivity index (χ0n) is 13.1. The summed E-state index contributed by atoms with van der Waals surface area (Å²) in [5, 5.41) is 3.46. The molecule has 0 bridgehead atoms. The number of likely N-dealkylation sites (N-methyl/N-ethyl adjacent to an activating group) is 1. The molecule has 1 aromatic heterocycles. The molecule has 1 unspecified atom stereocenters. The molecule has 1 aliphatic rings. The molecular weight excluding hydrogens is 250 g/mol. The first kappa shape index (κ1) is 15.5. The van der Waals surface area contributed by atoms with E-state index in [-0.39, 0.29) is 0 Å². The van der Waals surface area contributed by atoms with Crippen LogP contribution in [-0.2, 0) is 17.7 Å². The predicted molar refractivity (Wildman–Crippen MR) is 81.8 cm³/mol. The van der Waals surface area contributed by atoms with Gasteiger partial charge >= 0.3 is 0 Å². The van der Waals surface area contributed by atoms with E-state index in [0.717, 1.165) is 31.9 Å². The number of hydrogen-bond acceptors (Lipinski definition) is 3. The minimum absolute atomic E-state index is 0.518. The summed E-state index contributed by atoms with van der Waals surface area (Å²) in [4.78, 5) is 4.52. The number of aromatic nitrogens is 2. The highest BCUT2D eigenvalue weighted by Gasteiger charge is 2.31. The lowest BCUT2D eigenvalue weighted by Gasteiger charge is -2.37. The van der Waals surface area contributed by atoms with Gasteiger partial charge in [0.05, 0.1) is 6.10 Å². The molecule has 4 nitrogen and oxygen atoms in total. The van der Waals surface area contributed by atoms with Gasteiger partial charge in [-0.2, -0.15) is 0 Å². The van der Waals surface area contributed by atoms with Gasteiger partial charge in [-0.3, -0.25) is 0 Å². The maximum absolute atomic E-state index is 5.64. The molecule has 1 fully saturated rings. The zero-order valence-corrected chi connectivity index (χ0v) is 13.1. The molecule has 0 aromatic carbocycles. The summed E-state index contributed by atoms with van der Waals surface area (Å²) in [6, 6.07) is 0.528. The Kier molecular flexibility index (Phi) is 6.05. The number of rotatable bonds is 9. The van der Waals surface area contributed by atoms with E-state index < -0.39 is 0 Å². The average Bonchev–Trinajstić information content (AvgIpc) is 2.83. The van der Waals surface area contributed by atoms with Crippen molar-refractivity contribution in [1.29, 1.82) is 0 Å². The molecular formula is C16H29N3O.